The number of fused-ring (bicyclic) bond motifs is 5. The Bertz CT molecular complexity index is 2400. The molecule has 53 heavy (non-hydrogen) atoms. The molecule has 3 aromatic carbocycles. The van der Waals surface area contributed by atoms with Gasteiger partial charge in [-0.25, -0.2) is 9.97 Å². The molecule has 4 bridgehead atoms. The second-order valence-electron chi connectivity index (χ2n) is 14.5. The Morgan fingerprint density at radius 3 is 2.64 bits per heavy atom. The molecule has 0 fully saturated rings. The Morgan fingerprint density at radius 2 is 1.83 bits per heavy atom. The second kappa shape index (κ2) is 12.1. The molecule has 1 spiro atoms. The van der Waals surface area contributed by atoms with Crippen LogP contribution in [0.15, 0.2) is 88.0 Å². The molecule has 4 atom stereocenters. The number of nitrogens with zero attached hydrogens (tertiary/aromatic N) is 2. The first-order valence-electron chi connectivity index (χ1n) is 18.2. The van der Waals surface area contributed by atoms with Crippen LogP contribution in [0.4, 0.5) is 5.69 Å². The van der Waals surface area contributed by atoms with Gasteiger partial charge >= 0.3 is 0 Å². The number of oxazole rings is 2. The molecule has 3 aliphatic rings. The van der Waals surface area contributed by atoms with Gasteiger partial charge < -0.3 is 39.6 Å². The van der Waals surface area contributed by atoms with E-state index in [1.165, 1.54) is 0 Å². The van der Waals surface area contributed by atoms with Crippen molar-refractivity contribution in [2.45, 2.75) is 76.3 Å². The van der Waals surface area contributed by atoms with E-state index in [4.69, 9.17) is 23.5 Å². The Labute approximate surface area is 305 Å². The van der Waals surface area contributed by atoms with Crippen molar-refractivity contribution in [3.8, 4) is 28.7 Å². The standard InChI is InChI=1S/C41H40N6O6/c1-5-40(50,6-2)38(49)44-29-18-22-15-16-30-26(17-22)41(25-12-8-10-14-28(25)45-39(41)52-30)34-33(47-37(53-34)32(21(3)4)46-35(29)48)36-43-20-31(51-36)24-19-42-27-13-9-7-11-23(24)27/h7-17,19-21,29,32,39,42,45,50H,5-6,18H2,1-4H3,(H,44,49)(H,46,48)/t29-,32-,39?,41?/m0/s1. The summed E-state index contributed by atoms with van der Waals surface area (Å²) in [4.78, 5) is 40.9. The lowest BCUT2D eigenvalue weighted by Gasteiger charge is -2.30. The number of rotatable bonds is 7. The lowest BCUT2D eigenvalue weighted by molar-refractivity contribution is -0.143. The number of anilines is 1. The van der Waals surface area contributed by atoms with Crippen molar-refractivity contribution < 1.29 is 28.3 Å². The van der Waals surface area contributed by atoms with Crippen LogP contribution in [0.1, 0.15) is 74.9 Å². The molecule has 2 unspecified atom stereocenters. The van der Waals surface area contributed by atoms with E-state index >= 15 is 0 Å². The number of para-hydroxylation sites is 2. The van der Waals surface area contributed by atoms with Gasteiger partial charge in [-0.05, 0) is 48.1 Å². The number of ether oxygens (including phenoxy) is 1. The minimum Gasteiger partial charge on any atom is -0.469 e. The third-order valence-corrected chi connectivity index (χ3v) is 11.2. The summed E-state index contributed by atoms with van der Waals surface area (Å²) < 4.78 is 20.2. The quantitative estimate of drug-likeness (QED) is 0.127. The summed E-state index contributed by atoms with van der Waals surface area (Å²) in [6.45, 7) is 7.43. The zero-order valence-electron chi connectivity index (χ0n) is 29.8. The lowest BCUT2D eigenvalue weighted by atomic mass is 9.72. The summed E-state index contributed by atoms with van der Waals surface area (Å²) >= 11 is 0. The first kappa shape index (κ1) is 33.0. The molecule has 0 aliphatic carbocycles. The number of benzene rings is 3. The molecule has 12 nitrogen and oxygen atoms in total. The van der Waals surface area contributed by atoms with Crippen molar-refractivity contribution in [2.24, 2.45) is 5.92 Å². The van der Waals surface area contributed by atoms with Crippen molar-refractivity contribution in [1.29, 1.82) is 0 Å². The van der Waals surface area contributed by atoms with Crippen molar-refractivity contribution >= 4 is 28.4 Å². The van der Waals surface area contributed by atoms with E-state index in [9.17, 15) is 14.7 Å². The fraction of sp³-hybridized carbons (Fsp3) is 0.317. The average molecular weight is 713 g/mol. The molecule has 6 aromatic rings. The van der Waals surface area contributed by atoms with Crippen molar-refractivity contribution in [1.82, 2.24) is 25.6 Å². The Morgan fingerprint density at radius 1 is 1.04 bits per heavy atom. The number of aromatic nitrogens is 3. The van der Waals surface area contributed by atoms with Crippen LogP contribution in [0, 0.1) is 5.92 Å². The van der Waals surface area contributed by atoms with E-state index in [-0.39, 0.29) is 37.0 Å². The highest BCUT2D eigenvalue weighted by Crippen LogP contribution is 2.59. The molecule has 3 aliphatic heterocycles. The maximum absolute atomic E-state index is 14.2. The zero-order chi connectivity index (χ0) is 36.6. The Balaban J connectivity index is 1.26. The normalized spacial score (nSPS) is 21.6. The summed E-state index contributed by atoms with van der Waals surface area (Å²) in [5, 5.41) is 21.7. The van der Waals surface area contributed by atoms with E-state index in [1.807, 2.05) is 80.7 Å². The molecule has 5 N–H and O–H groups in total. The molecule has 12 heteroatoms. The molecule has 0 saturated carbocycles. The largest absolute Gasteiger partial charge is 0.469 e. The Hall–Kier alpha value is -5.88. The summed E-state index contributed by atoms with van der Waals surface area (Å²) in [6, 6.07) is 20.1. The molecular formula is C41H40N6O6. The van der Waals surface area contributed by atoms with Crippen LogP contribution in [0.5, 0.6) is 5.75 Å². The summed E-state index contributed by atoms with van der Waals surface area (Å²) in [6.07, 6.45) is 3.55. The molecule has 270 valence electrons. The number of aliphatic hydroxyl groups is 1. The first-order valence-corrected chi connectivity index (χ1v) is 18.2. The van der Waals surface area contributed by atoms with Gasteiger partial charge in [0.25, 0.3) is 5.91 Å². The number of hydrogen-bond donors (Lipinski definition) is 5. The van der Waals surface area contributed by atoms with Crippen LogP contribution in [-0.2, 0) is 21.4 Å². The number of carbonyl (C=O) groups is 2. The van der Waals surface area contributed by atoms with Gasteiger partial charge in [-0.3, -0.25) is 9.59 Å². The van der Waals surface area contributed by atoms with E-state index < -0.39 is 41.1 Å². The maximum Gasteiger partial charge on any atom is 0.252 e. The third kappa shape index (κ3) is 4.92. The zero-order valence-corrected chi connectivity index (χ0v) is 29.8. The van der Waals surface area contributed by atoms with E-state index in [0.29, 0.717) is 23.0 Å². The molecule has 6 heterocycles. The van der Waals surface area contributed by atoms with Gasteiger partial charge in [0, 0.05) is 40.3 Å². The number of hydrogen-bond acceptors (Lipinski definition) is 9. The van der Waals surface area contributed by atoms with Crippen molar-refractivity contribution in [2.75, 3.05) is 5.32 Å². The number of nitrogens with one attached hydrogen (secondary N) is 4. The molecular weight excluding hydrogens is 672 g/mol. The van der Waals surface area contributed by atoms with Crippen LogP contribution >= 0.6 is 0 Å². The van der Waals surface area contributed by atoms with Gasteiger partial charge in [0.05, 0.1) is 6.20 Å². The summed E-state index contributed by atoms with van der Waals surface area (Å²) in [5.74, 6) is 0.986. The minimum atomic E-state index is -1.61. The first-order chi connectivity index (χ1) is 25.6. The predicted octanol–water partition coefficient (Wildman–Crippen LogP) is 6.36. The van der Waals surface area contributed by atoms with Crippen molar-refractivity contribution in [3.63, 3.8) is 0 Å². The van der Waals surface area contributed by atoms with Crippen LogP contribution in [0.3, 0.4) is 0 Å². The number of aromatic amines is 1. The molecule has 0 radical (unpaired) electrons. The second-order valence-corrected chi connectivity index (χ2v) is 14.5. The summed E-state index contributed by atoms with van der Waals surface area (Å²) in [5.41, 5.74) is 2.98. The third-order valence-electron chi connectivity index (χ3n) is 11.2. The van der Waals surface area contributed by atoms with Gasteiger partial charge in [-0.15, -0.1) is 0 Å². The lowest BCUT2D eigenvalue weighted by Crippen LogP contribution is -2.55. The van der Waals surface area contributed by atoms with Gasteiger partial charge in [0.15, 0.2) is 23.4 Å². The summed E-state index contributed by atoms with van der Waals surface area (Å²) in [7, 11) is 0. The van der Waals surface area contributed by atoms with E-state index in [0.717, 1.165) is 38.8 Å². The SMILES string of the molecule is CCC(O)(CC)C(=O)N[C@H]1Cc2ccc3c(c2)C2(c4ccccc4NC2O3)c2oc(nc2-c2ncc(-c3c[nH]c4ccccc34)o2)[C@H](C(C)C)NC1=O. The van der Waals surface area contributed by atoms with Gasteiger partial charge in [-0.2, -0.15) is 0 Å². The number of carbonyl (C=O) groups excluding carboxylic acids is 2. The number of amides is 2. The van der Waals surface area contributed by atoms with Crippen LogP contribution in [-0.4, -0.2) is 49.7 Å². The number of H-pyrrole nitrogens is 1. The molecule has 9 rings (SSSR count). The van der Waals surface area contributed by atoms with Gasteiger partial charge in [-0.1, -0.05) is 76.2 Å². The topological polar surface area (TPSA) is 168 Å². The fourth-order valence-electron chi connectivity index (χ4n) is 8.09. The maximum atomic E-state index is 14.2. The van der Waals surface area contributed by atoms with Crippen LogP contribution in [0.25, 0.3) is 33.8 Å². The van der Waals surface area contributed by atoms with Crippen molar-refractivity contribution in [3.05, 3.63) is 107 Å². The minimum absolute atomic E-state index is 0.169. The highest BCUT2D eigenvalue weighted by molar-refractivity contribution is 5.94. The highest BCUT2D eigenvalue weighted by atomic mass is 16.5. The fourth-order valence-corrected chi connectivity index (χ4v) is 8.09. The Kier molecular flexibility index (Phi) is 7.53. The van der Waals surface area contributed by atoms with Crippen LogP contribution in [0.2, 0.25) is 0 Å². The molecule has 0 saturated heterocycles. The highest BCUT2D eigenvalue weighted by Gasteiger charge is 2.61. The van der Waals surface area contributed by atoms with Crippen LogP contribution < -0.4 is 20.7 Å². The molecule has 3 aromatic heterocycles. The average Bonchev–Trinajstić information content (AvgIpc) is 3.99. The smallest absolute Gasteiger partial charge is 0.252 e. The van der Waals surface area contributed by atoms with E-state index in [2.05, 4.69) is 27.0 Å². The predicted molar refractivity (Wildman–Crippen MR) is 197 cm³/mol. The molecule has 2 amide bonds. The van der Waals surface area contributed by atoms with Gasteiger partial charge in [0.2, 0.25) is 17.7 Å². The van der Waals surface area contributed by atoms with Gasteiger partial charge in [0.1, 0.15) is 28.8 Å². The van der Waals surface area contributed by atoms with E-state index in [1.54, 1.807) is 20.0 Å². The monoisotopic (exact) mass is 712 g/mol.